The van der Waals surface area contributed by atoms with Crippen molar-refractivity contribution in [3.8, 4) is 11.8 Å². The van der Waals surface area contributed by atoms with Crippen LogP contribution in [0.15, 0.2) is 29.6 Å². The van der Waals surface area contributed by atoms with E-state index < -0.39 is 5.82 Å². The molecule has 0 bridgehead atoms. The van der Waals surface area contributed by atoms with E-state index in [0.717, 1.165) is 10.9 Å². The Balaban J connectivity index is 2.09. The van der Waals surface area contributed by atoms with Gasteiger partial charge in [0.2, 0.25) is 0 Å². The summed E-state index contributed by atoms with van der Waals surface area (Å²) in [6, 6.07) is 5.47. The molecule has 108 valence electrons. The maximum atomic E-state index is 13.2. The number of hydrogen-bond acceptors (Lipinski definition) is 3. The lowest BCUT2D eigenvalue weighted by Crippen LogP contribution is -2.10. The molecule has 2 rings (SSSR count). The van der Waals surface area contributed by atoms with Gasteiger partial charge in [0.25, 0.3) is 5.91 Å². The molecule has 0 aliphatic carbocycles. The monoisotopic (exact) mass is 323 g/mol. The van der Waals surface area contributed by atoms with E-state index in [1.165, 1.54) is 23.5 Å². The third kappa shape index (κ3) is 4.57. The van der Waals surface area contributed by atoms with Gasteiger partial charge in [-0.2, -0.15) is 0 Å². The number of hydrogen-bond donors (Lipinski definition) is 2. The van der Waals surface area contributed by atoms with E-state index >= 15 is 0 Å². The number of aliphatic hydroxyl groups excluding tert-OH is 1. The molecule has 0 aliphatic heterocycles. The van der Waals surface area contributed by atoms with Crippen molar-refractivity contribution in [1.29, 1.82) is 0 Å². The zero-order valence-electron chi connectivity index (χ0n) is 10.8. The van der Waals surface area contributed by atoms with Gasteiger partial charge in [0.1, 0.15) is 5.82 Å². The Morgan fingerprint density at radius 3 is 2.90 bits per heavy atom. The number of halogens is 2. The molecule has 0 spiro atoms. The maximum absolute atomic E-state index is 13.2. The second-order valence-electron chi connectivity index (χ2n) is 4.09. The number of aliphatic hydroxyl groups is 1. The molecule has 6 heteroatoms. The summed E-state index contributed by atoms with van der Waals surface area (Å²) in [4.78, 5) is 12.7. The molecule has 0 saturated heterocycles. The van der Waals surface area contributed by atoms with E-state index in [2.05, 4.69) is 17.2 Å². The molecule has 2 aromatic rings. The lowest BCUT2D eigenvalue weighted by molar-refractivity contribution is 0.102. The highest BCUT2D eigenvalue weighted by Crippen LogP contribution is 2.20. The van der Waals surface area contributed by atoms with Gasteiger partial charge in [0, 0.05) is 22.5 Å². The number of carbonyl (C=O) groups excluding carboxylic acids is 1. The Hall–Kier alpha value is -1.87. The standard InChI is InChI=1S/C15H11ClFNO2S/c16-11-6-12(17)8-13(7-11)18-15(20)10-5-14(21-9-10)3-1-2-4-19/h5-9,19H,2,4H2,(H,18,20). The molecule has 1 aromatic heterocycles. The van der Waals surface area contributed by atoms with Gasteiger partial charge in [-0.3, -0.25) is 4.79 Å². The van der Waals surface area contributed by atoms with Crippen LogP contribution in [0, 0.1) is 17.7 Å². The van der Waals surface area contributed by atoms with Crippen molar-refractivity contribution in [3.05, 3.63) is 50.9 Å². The summed E-state index contributed by atoms with van der Waals surface area (Å²) in [5, 5.41) is 13.1. The zero-order chi connectivity index (χ0) is 15.2. The first-order valence-corrected chi connectivity index (χ1v) is 7.30. The Bertz CT molecular complexity index is 698. The van der Waals surface area contributed by atoms with Gasteiger partial charge in [0.15, 0.2) is 0 Å². The van der Waals surface area contributed by atoms with Crippen molar-refractivity contribution in [3.63, 3.8) is 0 Å². The average molecular weight is 324 g/mol. The van der Waals surface area contributed by atoms with Crippen molar-refractivity contribution >= 4 is 34.5 Å². The highest BCUT2D eigenvalue weighted by molar-refractivity contribution is 7.10. The lowest BCUT2D eigenvalue weighted by atomic mass is 10.2. The number of amides is 1. The summed E-state index contributed by atoms with van der Waals surface area (Å²) in [7, 11) is 0. The molecule has 1 amide bonds. The quantitative estimate of drug-likeness (QED) is 0.849. The normalized spacial score (nSPS) is 9.86. The molecule has 0 saturated carbocycles. The minimum absolute atomic E-state index is 0.00600. The Kier molecular flexibility index (Phi) is 5.34. The average Bonchev–Trinajstić information content (AvgIpc) is 2.86. The molecular formula is C15H11ClFNO2S. The first-order chi connectivity index (χ1) is 10.1. The van der Waals surface area contributed by atoms with Crippen molar-refractivity contribution in [2.75, 3.05) is 11.9 Å². The molecule has 1 aromatic carbocycles. The second kappa shape index (κ2) is 7.23. The van der Waals surface area contributed by atoms with Crippen LogP contribution >= 0.6 is 22.9 Å². The number of rotatable bonds is 3. The van der Waals surface area contributed by atoms with Crippen molar-refractivity contribution < 1.29 is 14.3 Å². The van der Waals surface area contributed by atoms with Gasteiger partial charge in [-0.05, 0) is 24.3 Å². The fraction of sp³-hybridized carbons (Fsp3) is 0.133. The summed E-state index contributed by atoms with van der Waals surface area (Å²) < 4.78 is 13.2. The number of nitrogens with one attached hydrogen (secondary N) is 1. The highest BCUT2D eigenvalue weighted by atomic mass is 35.5. The fourth-order valence-corrected chi connectivity index (χ4v) is 2.53. The molecule has 2 N–H and O–H groups in total. The van der Waals surface area contributed by atoms with Crippen LogP contribution in [0.2, 0.25) is 5.02 Å². The smallest absolute Gasteiger partial charge is 0.256 e. The molecule has 0 radical (unpaired) electrons. The van der Waals surface area contributed by atoms with E-state index in [-0.39, 0.29) is 17.5 Å². The van der Waals surface area contributed by atoms with Crippen LogP contribution in [0.25, 0.3) is 0 Å². The van der Waals surface area contributed by atoms with Gasteiger partial charge >= 0.3 is 0 Å². The van der Waals surface area contributed by atoms with Crippen LogP contribution in [-0.2, 0) is 0 Å². The first-order valence-electron chi connectivity index (χ1n) is 6.04. The fourth-order valence-electron chi connectivity index (χ4n) is 1.56. The molecular weight excluding hydrogens is 313 g/mol. The summed E-state index contributed by atoms with van der Waals surface area (Å²) >= 11 is 7.06. The summed E-state index contributed by atoms with van der Waals surface area (Å²) in [6.07, 6.45) is 0.390. The highest BCUT2D eigenvalue weighted by Gasteiger charge is 2.09. The van der Waals surface area contributed by atoms with E-state index in [9.17, 15) is 9.18 Å². The third-order valence-electron chi connectivity index (χ3n) is 2.43. The number of carbonyl (C=O) groups is 1. The summed E-state index contributed by atoms with van der Waals surface area (Å²) in [6.45, 7) is 0.00600. The molecule has 1 heterocycles. The predicted molar refractivity (Wildman–Crippen MR) is 82.3 cm³/mol. The summed E-state index contributed by atoms with van der Waals surface area (Å²) in [5.41, 5.74) is 0.734. The third-order valence-corrected chi connectivity index (χ3v) is 3.49. The van der Waals surface area contributed by atoms with Crippen LogP contribution in [0.3, 0.4) is 0 Å². The molecule has 0 aliphatic rings. The van der Waals surface area contributed by atoms with Gasteiger partial charge in [0.05, 0.1) is 17.0 Å². The van der Waals surface area contributed by atoms with Gasteiger partial charge < -0.3 is 10.4 Å². The summed E-state index contributed by atoms with van der Waals surface area (Å²) in [5.74, 6) is 4.76. The first kappa shape index (κ1) is 15.5. The SMILES string of the molecule is O=C(Nc1cc(F)cc(Cl)c1)c1csc(C#CCCO)c1. The van der Waals surface area contributed by atoms with E-state index in [4.69, 9.17) is 16.7 Å². The topological polar surface area (TPSA) is 49.3 Å². The van der Waals surface area contributed by atoms with Crippen LogP contribution in [0.4, 0.5) is 10.1 Å². The van der Waals surface area contributed by atoms with E-state index in [0.29, 0.717) is 17.7 Å². The van der Waals surface area contributed by atoms with Crippen molar-refractivity contribution in [2.24, 2.45) is 0 Å². The van der Waals surface area contributed by atoms with Crippen LogP contribution in [0.5, 0.6) is 0 Å². The Morgan fingerprint density at radius 2 is 2.19 bits per heavy atom. The molecule has 3 nitrogen and oxygen atoms in total. The lowest BCUT2D eigenvalue weighted by Gasteiger charge is -2.04. The minimum atomic E-state index is -0.515. The van der Waals surface area contributed by atoms with Gasteiger partial charge in [-0.15, -0.1) is 11.3 Å². The number of thiophene rings is 1. The number of anilines is 1. The van der Waals surface area contributed by atoms with Gasteiger partial charge in [-0.1, -0.05) is 23.4 Å². The number of benzene rings is 1. The Labute approximate surface area is 130 Å². The van der Waals surface area contributed by atoms with Gasteiger partial charge in [-0.25, -0.2) is 4.39 Å². The minimum Gasteiger partial charge on any atom is -0.395 e. The van der Waals surface area contributed by atoms with Crippen molar-refractivity contribution in [1.82, 2.24) is 0 Å². The van der Waals surface area contributed by atoms with E-state index in [1.54, 1.807) is 11.4 Å². The maximum Gasteiger partial charge on any atom is 0.256 e. The second-order valence-corrected chi connectivity index (χ2v) is 5.43. The predicted octanol–water partition coefficient (Wildman–Crippen LogP) is 3.53. The largest absolute Gasteiger partial charge is 0.395 e. The molecule has 0 unspecified atom stereocenters. The molecule has 0 fully saturated rings. The zero-order valence-corrected chi connectivity index (χ0v) is 12.4. The molecule has 21 heavy (non-hydrogen) atoms. The van der Waals surface area contributed by atoms with Crippen LogP contribution in [0.1, 0.15) is 21.7 Å². The van der Waals surface area contributed by atoms with E-state index in [1.807, 2.05) is 0 Å². The van der Waals surface area contributed by atoms with Crippen LogP contribution < -0.4 is 5.32 Å². The van der Waals surface area contributed by atoms with Crippen molar-refractivity contribution in [2.45, 2.75) is 6.42 Å². The Morgan fingerprint density at radius 1 is 1.38 bits per heavy atom. The molecule has 0 atom stereocenters. The van der Waals surface area contributed by atoms with Crippen LogP contribution in [-0.4, -0.2) is 17.6 Å².